The zero-order valence-corrected chi connectivity index (χ0v) is 13.5. The molecule has 1 amide bonds. The van der Waals surface area contributed by atoms with Crippen LogP contribution in [0.2, 0.25) is 0 Å². The average Bonchev–Trinajstić information content (AvgIpc) is 3.09. The second kappa shape index (κ2) is 7.38. The van der Waals surface area contributed by atoms with E-state index in [2.05, 4.69) is 15.5 Å². The zero-order valence-electron chi connectivity index (χ0n) is 13.5. The van der Waals surface area contributed by atoms with Crippen LogP contribution in [-0.2, 0) is 17.4 Å². The molecular formula is C18H14F3N3O2. The molecule has 0 fully saturated rings. The normalized spacial score (nSPS) is 11.3. The Morgan fingerprint density at radius 1 is 1.08 bits per heavy atom. The van der Waals surface area contributed by atoms with E-state index in [1.165, 1.54) is 18.3 Å². The van der Waals surface area contributed by atoms with Crippen molar-refractivity contribution in [3.63, 3.8) is 0 Å². The molecule has 0 saturated carbocycles. The molecule has 0 aliphatic carbocycles. The topological polar surface area (TPSA) is 68.0 Å². The molecule has 1 aromatic carbocycles. The molecule has 0 unspecified atom stereocenters. The maximum atomic E-state index is 12.6. The lowest BCUT2D eigenvalue weighted by atomic mass is 10.0. The van der Waals surface area contributed by atoms with Crippen LogP contribution in [0.25, 0.3) is 11.3 Å². The highest BCUT2D eigenvalue weighted by Gasteiger charge is 2.30. The first-order chi connectivity index (χ1) is 12.4. The third-order valence-electron chi connectivity index (χ3n) is 3.70. The molecule has 2 heterocycles. The van der Waals surface area contributed by atoms with E-state index >= 15 is 0 Å². The van der Waals surface area contributed by atoms with E-state index in [0.29, 0.717) is 29.0 Å². The van der Waals surface area contributed by atoms with Crippen molar-refractivity contribution in [2.75, 3.05) is 5.32 Å². The molecule has 0 spiro atoms. The van der Waals surface area contributed by atoms with Gasteiger partial charge in [-0.25, -0.2) is 0 Å². The van der Waals surface area contributed by atoms with Crippen LogP contribution in [0, 0.1) is 0 Å². The summed E-state index contributed by atoms with van der Waals surface area (Å²) in [6.45, 7) is 0. The number of aryl methyl sites for hydroxylation is 1. The third kappa shape index (κ3) is 4.27. The number of nitrogens with zero attached hydrogens (tertiary/aromatic N) is 2. The number of anilines is 1. The van der Waals surface area contributed by atoms with E-state index in [1.807, 2.05) is 0 Å². The summed E-state index contributed by atoms with van der Waals surface area (Å²) < 4.78 is 43.1. The molecular weight excluding hydrogens is 347 g/mol. The van der Waals surface area contributed by atoms with E-state index < -0.39 is 11.7 Å². The van der Waals surface area contributed by atoms with Crippen molar-refractivity contribution in [1.82, 2.24) is 10.1 Å². The number of amides is 1. The van der Waals surface area contributed by atoms with Crippen LogP contribution >= 0.6 is 0 Å². The van der Waals surface area contributed by atoms with Crippen molar-refractivity contribution in [2.24, 2.45) is 0 Å². The summed E-state index contributed by atoms with van der Waals surface area (Å²) in [5, 5.41) is 6.43. The van der Waals surface area contributed by atoms with Gasteiger partial charge < -0.3 is 9.84 Å². The Balaban J connectivity index is 1.66. The lowest BCUT2D eigenvalue weighted by molar-refractivity contribution is -0.137. The van der Waals surface area contributed by atoms with Gasteiger partial charge in [-0.1, -0.05) is 17.3 Å². The van der Waals surface area contributed by atoms with Crippen molar-refractivity contribution in [3.8, 4) is 11.3 Å². The highest BCUT2D eigenvalue weighted by Crippen LogP contribution is 2.32. The molecule has 0 radical (unpaired) electrons. The maximum absolute atomic E-state index is 12.6. The number of pyridine rings is 1. The number of hydrogen-bond donors (Lipinski definition) is 1. The molecule has 0 aliphatic rings. The standard InChI is InChI=1S/C18H14F3N3O2/c19-18(20,21)14-4-1-12(2-5-14)17-13(11-23-26-17)3-6-16(25)24-15-7-9-22-10-8-15/h1-2,4-5,7-11H,3,6H2,(H,22,24,25). The fraction of sp³-hybridized carbons (Fsp3) is 0.167. The molecule has 5 nitrogen and oxygen atoms in total. The van der Waals surface area contributed by atoms with Crippen molar-refractivity contribution < 1.29 is 22.5 Å². The lowest BCUT2D eigenvalue weighted by Gasteiger charge is -2.07. The summed E-state index contributed by atoms with van der Waals surface area (Å²) in [7, 11) is 0. The minimum absolute atomic E-state index is 0.178. The number of halogens is 3. The van der Waals surface area contributed by atoms with Crippen LogP contribution in [0.1, 0.15) is 17.5 Å². The molecule has 3 rings (SSSR count). The van der Waals surface area contributed by atoms with Gasteiger partial charge in [0.1, 0.15) is 0 Å². The monoisotopic (exact) mass is 361 g/mol. The number of nitrogens with one attached hydrogen (secondary N) is 1. The number of carbonyl (C=O) groups is 1. The first-order valence-electron chi connectivity index (χ1n) is 7.74. The van der Waals surface area contributed by atoms with Crippen LogP contribution in [0.5, 0.6) is 0 Å². The zero-order chi connectivity index (χ0) is 18.6. The average molecular weight is 361 g/mol. The molecule has 0 bridgehead atoms. The van der Waals surface area contributed by atoms with Crippen molar-refractivity contribution in [1.29, 1.82) is 0 Å². The van der Waals surface area contributed by atoms with Gasteiger partial charge in [-0.3, -0.25) is 9.78 Å². The number of rotatable bonds is 5. The minimum Gasteiger partial charge on any atom is -0.356 e. The van der Waals surface area contributed by atoms with Crippen LogP contribution in [0.3, 0.4) is 0 Å². The third-order valence-corrected chi connectivity index (χ3v) is 3.70. The van der Waals surface area contributed by atoms with Gasteiger partial charge >= 0.3 is 6.18 Å². The number of aromatic nitrogens is 2. The van der Waals surface area contributed by atoms with Gasteiger partial charge in [0.15, 0.2) is 5.76 Å². The van der Waals surface area contributed by atoms with Crippen molar-refractivity contribution >= 4 is 11.6 Å². The predicted octanol–water partition coefficient (Wildman–Crippen LogP) is 4.33. The Morgan fingerprint density at radius 2 is 1.77 bits per heavy atom. The van der Waals surface area contributed by atoms with Gasteiger partial charge in [-0.2, -0.15) is 13.2 Å². The molecule has 8 heteroatoms. The smallest absolute Gasteiger partial charge is 0.356 e. The molecule has 26 heavy (non-hydrogen) atoms. The summed E-state index contributed by atoms with van der Waals surface area (Å²) in [6, 6.07) is 7.96. The Morgan fingerprint density at radius 3 is 2.42 bits per heavy atom. The summed E-state index contributed by atoms with van der Waals surface area (Å²) in [4.78, 5) is 15.9. The predicted molar refractivity (Wildman–Crippen MR) is 88.1 cm³/mol. The van der Waals surface area contributed by atoms with Gasteiger partial charge in [0.05, 0.1) is 11.8 Å². The van der Waals surface area contributed by atoms with Gasteiger partial charge in [0.2, 0.25) is 5.91 Å². The molecule has 0 aliphatic heterocycles. The van der Waals surface area contributed by atoms with Gasteiger partial charge in [0, 0.05) is 35.6 Å². The minimum atomic E-state index is -4.40. The lowest BCUT2D eigenvalue weighted by Crippen LogP contribution is -2.12. The van der Waals surface area contributed by atoms with Crippen LogP contribution in [-0.4, -0.2) is 16.0 Å². The number of benzene rings is 1. The van der Waals surface area contributed by atoms with Gasteiger partial charge in [-0.15, -0.1) is 0 Å². The van der Waals surface area contributed by atoms with E-state index in [1.54, 1.807) is 24.5 Å². The van der Waals surface area contributed by atoms with Crippen LogP contribution in [0.15, 0.2) is 59.5 Å². The quantitative estimate of drug-likeness (QED) is 0.735. The number of hydrogen-bond acceptors (Lipinski definition) is 4. The Bertz CT molecular complexity index is 875. The molecule has 0 atom stereocenters. The largest absolute Gasteiger partial charge is 0.416 e. The number of alkyl halides is 3. The van der Waals surface area contributed by atoms with E-state index in [-0.39, 0.29) is 12.3 Å². The molecule has 0 saturated heterocycles. The van der Waals surface area contributed by atoms with Crippen LogP contribution in [0.4, 0.5) is 18.9 Å². The second-order valence-corrected chi connectivity index (χ2v) is 5.54. The van der Waals surface area contributed by atoms with Crippen molar-refractivity contribution in [3.05, 3.63) is 66.1 Å². The Labute approximate surface area is 146 Å². The molecule has 2 aromatic heterocycles. The molecule has 134 valence electrons. The van der Waals surface area contributed by atoms with E-state index in [9.17, 15) is 18.0 Å². The van der Waals surface area contributed by atoms with Gasteiger partial charge in [0.25, 0.3) is 0 Å². The van der Waals surface area contributed by atoms with Crippen molar-refractivity contribution in [2.45, 2.75) is 19.0 Å². The maximum Gasteiger partial charge on any atom is 0.416 e. The molecule has 1 N–H and O–H groups in total. The first kappa shape index (κ1) is 17.7. The van der Waals surface area contributed by atoms with Gasteiger partial charge in [-0.05, 0) is 30.7 Å². The first-order valence-corrected chi connectivity index (χ1v) is 7.74. The summed E-state index contributed by atoms with van der Waals surface area (Å²) in [5.74, 6) is 0.159. The van der Waals surface area contributed by atoms with Crippen LogP contribution < -0.4 is 5.32 Å². The highest BCUT2D eigenvalue weighted by atomic mass is 19.4. The fourth-order valence-electron chi connectivity index (χ4n) is 2.39. The SMILES string of the molecule is O=C(CCc1cnoc1-c1ccc(C(F)(F)F)cc1)Nc1ccncc1. The molecule has 3 aromatic rings. The fourth-order valence-corrected chi connectivity index (χ4v) is 2.39. The second-order valence-electron chi connectivity index (χ2n) is 5.54. The van der Waals surface area contributed by atoms with E-state index in [4.69, 9.17) is 4.52 Å². The van der Waals surface area contributed by atoms with E-state index in [0.717, 1.165) is 12.1 Å². The number of carbonyl (C=O) groups excluding carboxylic acids is 1. The Kier molecular flexibility index (Phi) is 5.01. The summed E-state index contributed by atoms with van der Waals surface area (Å²) >= 11 is 0. The Hall–Kier alpha value is -3.16. The summed E-state index contributed by atoms with van der Waals surface area (Å²) in [5.41, 5.74) is 1.02. The summed E-state index contributed by atoms with van der Waals surface area (Å²) in [6.07, 6.45) is 0.727. The highest BCUT2D eigenvalue weighted by molar-refractivity contribution is 5.90.